The minimum Gasteiger partial charge on any atom is -0.497 e. The van der Waals surface area contributed by atoms with Crippen molar-refractivity contribution in [3.8, 4) is 5.75 Å². The molecule has 0 spiro atoms. The molecular formula is C15H21ClN2O4S. The van der Waals surface area contributed by atoms with Crippen LogP contribution in [0.1, 0.15) is 18.1 Å². The van der Waals surface area contributed by atoms with Crippen molar-refractivity contribution < 1.29 is 17.9 Å². The minimum atomic E-state index is -3.42. The van der Waals surface area contributed by atoms with Crippen LogP contribution in [0.5, 0.6) is 5.75 Å². The predicted molar refractivity (Wildman–Crippen MR) is 89.2 cm³/mol. The Morgan fingerprint density at radius 2 is 2.17 bits per heavy atom. The van der Waals surface area contributed by atoms with E-state index in [0.29, 0.717) is 19.5 Å². The van der Waals surface area contributed by atoms with Crippen molar-refractivity contribution >= 4 is 27.5 Å². The van der Waals surface area contributed by atoms with E-state index in [1.54, 1.807) is 14.0 Å². The molecule has 0 bridgehead atoms. The average Bonchev–Trinajstić information content (AvgIpc) is 2.53. The molecule has 0 saturated carbocycles. The zero-order valence-corrected chi connectivity index (χ0v) is 14.8. The van der Waals surface area contributed by atoms with Crippen LogP contribution in [0.15, 0.2) is 18.2 Å². The third kappa shape index (κ3) is 4.59. The van der Waals surface area contributed by atoms with Gasteiger partial charge in [0.15, 0.2) is 0 Å². The van der Waals surface area contributed by atoms with E-state index in [1.165, 1.54) is 4.31 Å². The van der Waals surface area contributed by atoms with Crippen molar-refractivity contribution in [1.29, 1.82) is 0 Å². The molecule has 23 heavy (non-hydrogen) atoms. The third-order valence-electron chi connectivity index (χ3n) is 3.80. The summed E-state index contributed by atoms with van der Waals surface area (Å²) >= 11 is 5.63. The number of nitrogens with zero attached hydrogens (tertiary/aromatic N) is 1. The summed E-state index contributed by atoms with van der Waals surface area (Å²) in [4.78, 5) is 11.4. The van der Waals surface area contributed by atoms with E-state index >= 15 is 0 Å². The highest BCUT2D eigenvalue weighted by atomic mass is 35.5. The first-order valence-corrected chi connectivity index (χ1v) is 9.43. The molecule has 0 aliphatic carbocycles. The second kappa shape index (κ2) is 7.51. The van der Waals surface area contributed by atoms with Gasteiger partial charge in [0.05, 0.1) is 12.9 Å². The number of halogens is 1. The maximum atomic E-state index is 12.4. The molecule has 0 radical (unpaired) electrons. The van der Waals surface area contributed by atoms with Gasteiger partial charge < -0.3 is 10.1 Å². The Bertz CT molecular complexity index is 676. The number of alkyl halides is 1. The van der Waals surface area contributed by atoms with E-state index in [4.69, 9.17) is 16.3 Å². The van der Waals surface area contributed by atoms with Gasteiger partial charge in [0, 0.05) is 19.6 Å². The van der Waals surface area contributed by atoms with E-state index in [2.05, 4.69) is 5.32 Å². The third-order valence-corrected chi connectivity index (χ3v) is 5.82. The van der Waals surface area contributed by atoms with Crippen LogP contribution in [0.25, 0.3) is 0 Å². The molecule has 1 heterocycles. The van der Waals surface area contributed by atoms with Gasteiger partial charge in [-0.3, -0.25) is 4.79 Å². The molecule has 1 atom stereocenters. The quantitative estimate of drug-likeness (QED) is 0.771. The Hall–Kier alpha value is -1.31. The first kappa shape index (κ1) is 18.0. The molecule has 0 fully saturated rings. The molecule has 1 unspecified atom stereocenters. The highest BCUT2D eigenvalue weighted by Crippen LogP contribution is 2.25. The van der Waals surface area contributed by atoms with Crippen LogP contribution in [0.4, 0.5) is 0 Å². The molecule has 128 valence electrons. The standard InChI is InChI=1S/C15H21ClN2O4S/c1-11(16)15(19)17-6-8-23(20,21)18-7-5-12-9-14(22-2)4-3-13(12)10-18/h3-4,9,11H,5-8,10H2,1-2H3,(H,17,19). The number of carbonyl (C=O) groups excluding carboxylic acids is 1. The summed E-state index contributed by atoms with van der Waals surface area (Å²) in [5.74, 6) is 0.282. The summed E-state index contributed by atoms with van der Waals surface area (Å²) in [6, 6.07) is 5.67. The van der Waals surface area contributed by atoms with Gasteiger partial charge >= 0.3 is 0 Å². The number of hydrogen-bond acceptors (Lipinski definition) is 4. The SMILES string of the molecule is COc1ccc2c(c1)CCN(S(=O)(=O)CCNC(=O)C(C)Cl)C2. The number of fused-ring (bicyclic) bond motifs is 1. The van der Waals surface area contributed by atoms with Gasteiger partial charge in [0.25, 0.3) is 0 Å². The van der Waals surface area contributed by atoms with E-state index in [1.807, 2.05) is 18.2 Å². The average molecular weight is 361 g/mol. The molecule has 0 aromatic heterocycles. The van der Waals surface area contributed by atoms with Crippen molar-refractivity contribution in [2.45, 2.75) is 25.3 Å². The Balaban J connectivity index is 1.97. The van der Waals surface area contributed by atoms with E-state index in [9.17, 15) is 13.2 Å². The number of amides is 1. The summed E-state index contributed by atoms with van der Waals surface area (Å²) in [5.41, 5.74) is 2.10. The summed E-state index contributed by atoms with van der Waals surface area (Å²) in [6.07, 6.45) is 0.650. The minimum absolute atomic E-state index is 0.0597. The lowest BCUT2D eigenvalue weighted by atomic mass is 10.0. The summed E-state index contributed by atoms with van der Waals surface area (Å²) in [7, 11) is -1.81. The smallest absolute Gasteiger partial charge is 0.237 e. The van der Waals surface area contributed by atoms with Crippen LogP contribution < -0.4 is 10.1 Å². The van der Waals surface area contributed by atoms with Gasteiger partial charge in [-0.25, -0.2) is 8.42 Å². The summed E-state index contributed by atoms with van der Waals surface area (Å²) < 4.78 is 31.4. The fraction of sp³-hybridized carbons (Fsp3) is 0.533. The van der Waals surface area contributed by atoms with Crippen LogP contribution >= 0.6 is 11.6 Å². The molecular weight excluding hydrogens is 340 g/mol. The number of hydrogen-bond donors (Lipinski definition) is 1. The van der Waals surface area contributed by atoms with Crippen LogP contribution in [-0.4, -0.2) is 50.0 Å². The van der Waals surface area contributed by atoms with Gasteiger partial charge in [-0.1, -0.05) is 6.07 Å². The van der Waals surface area contributed by atoms with Gasteiger partial charge in [0.2, 0.25) is 15.9 Å². The topological polar surface area (TPSA) is 75.7 Å². The lowest BCUT2D eigenvalue weighted by Gasteiger charge is -2.28. The summed E-state index contributed by atoms with van der Waals surface area (Å²) in [5, 5.41) is 1.85. The predicted octanol–water partition coefficient (Wildman–Crippen LogP) is 1.13. The van der Waals surface area contributed by atoms with Crippen LogP contribution in [0, 0.1) is 0 Å². The molecule has 2 rings (SSSR count). The van der Waals surface area contributed by atoms with Crippen molar-refractivity contribution in [2.24, 2.45) is 0 Å². The van der Waals surface area contributed by atoms with Gasteiger partial charge in [-0.15, -0.1) is 11.6 Å². The normalized spacial score (nSPS) is 16.5. The maximum Gasteiger partial charge on any atom is 0.237 e. The van der Waals surface area contributed by atoms with Gasteiger partial charge in [-0.05, 0) is 36.6 Å². The van der Waals surface area contributed by atoms with E-state index in [-0.39, 0.29) is 18.2 Å². The Kier molecular flexibility index (Phi) is 5.89. The van der Waals surface area contributed by atoms with Crippen molar-refractivity contribution in [1.82, 2.24) is 9.62 Å². The van der Waals surface area contributed by atoms with Crippen LogP contribution in [0.3, 0.4) is 0 Å². The highest BCUT2D eigenvalue weighted by molar-refractivity contribution is 7.89. The van der Waals surface area contributed by atoms with Crippen LogP contribution in [0.2, 0.25) is 0 Å². The first-order chi connectivity index (χ1) is 10.8. The number of sulfonamides is 1. The van der Waals surface area contributed by atoms with Gasteiger partial charge in [-0.2, -0.15) is 4.31 Å². The zero-order valence-electron chi connectivity index (χ0n) is 13.2. The molecule has 1 N–H and O–H groups in total. The largest absolute Gasteiger partial charge is 0.497 e. The molecule has 1 aromatic carbocycles. The second-order valence-electron chi connectivity index (χ2n) is 5.44. The monoisotopic (exact) mass is 360 g/mol. The molecule has 6 nitrogen and oxygen atoms in total. The van der Waals surface area contributed by atoms with Crippen molar-refractivity contribution in [2.75, 3.05) is 26.0 Å². The summed E-state index contributed by atoms with van der Waals surface area (Å²) in [6.45, 7) is 2.38. The Morgan fingerprint density at radius 3 is 2.83 bits per heavy atom. The molecule has 8 heteroatoms. The molecule has 1 amide bonds. The molecule has 1 aliphatic heterocycles. The Labute approximate surface area is 141 Å². The number of ether oxygens (including phenoxy) is 1. The number of carbonyl (C=O) groups is 1. The molecule has 0 saturated heterocycles. The lowest BCUT2D eigenvalue weighted by molar-refractivity contribution is -0.120. The Morgan fingerprint density at radius 1 is 1.43 bits per heavy atom. The number of rotatable bonds is 6. The fourth-order valence-electron chi connectivity index (χ4n) is 2.44. The maximum absolute atomic E-state index is 12.4. The first-order valence-electron chi connectivity index (χ1n) is 7.39. The molecule has 1 aromatic rings. The number of nitrogens with one attached hydrogen (secondary N) is 1. The van der Waals surface area contributed by atoms with Crippen LogP contribution in [-0.2, 0) is 27.8 Å². The lowest BCUT2D eigenvalue weighted by Crippen LogP contribution is -2.41. The second-order valence-corrected chi connectivity index (χ2v) is 8.18. The van der Waals surface area contributed by atoms with E-state index in [0.717, 1.165) is 16.9 Å². The molecule has 1 aliphatic rings. The van der Waals surface area contributed by atoms with E-state index < -0.39 is 15.4 Å². The van der Waals surface area contributed by atoms with Crippen molar-refractivity contribution in [3.05, 3.63) is 29.3 Å². The zero-order chi connectivity index (χ0) is 17.0. The number of methoxy groups -OCH3 is 1. The van der Waals surface area contributed by atoms with Gasteiger partial charge in [0.1, 0.15) is 11.1 Å². The number of benzene rings is 1. The fourth-order valence-corrected chi connectivity index (χ4v) is 3.84. The van der Waals surface area contributed by atoms with Crippen molar-refractivity contribution in [3.63, 3.8) is 0 Å². The highest BCUT2D eigenvalue weighted by Gasteiger charge is 2.26.